The quantitative estimate of drug-likeness (QED) is 0.647. The molecule has 6 nitrogen and oxygen atoms in total. The molecule has 0 aliphatic carbocycles. The average Bonchev–Trinajstić information content (AvgIpc) is 2.59. The highest BCUT2D eigenvalue weighted by Crippen LogP contribution is 2.20. The van der Waals surface area contributed by atoms with Crippen molar-refractivity contribution in [3.63, 3.8) is 0 Å². The summed E-state index contributed by atoms with van der Waals surface area (Å²) in [5.41, 5.74) is 1.70. The van der Waals surface area contributed by atoms with Crippen molar-refractivity contribution in [3.8, 4) is 0 Å². The summed E-state index contributed by atoms with van der Waals surface area (Å²) in [5.74, 6) is -1.97. The summed E-state index contributed by atoms with van der Waals surface area (Å²) in [5, 5.41) is 7.75. The third-order valence-electron chi connectivity index (χ3n) is 3.64. The molecule has 8 heteroatoms. The molecule has 0 saturated carbocycles. The first-order chi connectivity index (χ1) is 12.8. The highest BCUT2D eigenvalue weighted by Gasteiger charge is 2.13. The number of halogens is 2. The van der Waals surface area contributed by atoms with Gasteiger partial charge >= 0.3 is 0 Å². The third kappa shape index (κ3) is 6.18. The number of rotatable bonds is 6. The number of carbonyl (C=O) groups excluding carboxylic acids is 3. The van der Waals surface area contributed by atoms with E-state index in [1.54, 1.807) is 6.07 Å². The summed E-state index contributed by atoms with van der Waals surface area (Å²) in [4.78, 5) is 35.2. The molecule has 0 fully saturated rings. The number of anilines is 2. The lowest BCUT2D eigenvalue weighted by Crippen LogP contribution is -2.28. The van der Waals surface area contributed by atoms with Gasteiger partial charge in [0.05, 0.1) is 5.56 Å². The molecule has 0 saturated heterocycles. The van der Waals surface area contributed by atoms with Crippen molar-refractivity contribution in [2.24, 2.45) is 0 Å². The number of carbonyl (C=O) groups is 3. The van der Waals surface area contributed by atoms with E-state index in [9.17, 15) is 18.8 Å². The van der Waals surface area contributed by atoms with Crippen molar-refractivity contribution in [2.75, 3.05) is 17.2 Å². The lowest BCUT2D eigenvalue weighted by molar-refractivity contribution is -0.116. The van der Waals surface area contributed by atoms with Gasteiger partial charge in [-0.25, -0.2) is 4.39 Å². The maximum absolute atomic E-state index is 13.9. The summed E-state index contributed by atoms with van der Waals surface area (Å²) in [6, 6.07) is 9.23. The van der Waals surface area contributed by atoms with Gasteiger partial charge in [-0.15, -0.1) is 0 Å². The first kappa shape index (κ1) is 20.6. The minimum atomic E-state index is -0.712. The van der Waals surface area contributed by atoms with Gasteiger partial charge in [-0.05, 0) is 42.8 Å². The molecule has 0 aromatic heterocycles. The average molecular weight is 436 g/mol. The Labute approximate surface area is 164 Å². The van der Waals surface area contributed by atoms with Crippen LogP contribution in [-0.2, 0) is 9.59 Å². The molecule has 142 valence electrons. The summed E-state index contributed by atoms with van der Waals surface area (Å²) < 4.78 is 14.7. The Balaban J connectivity index is 1.91. The first-order valence-electron chi connectivity index (χ1n) is 8.17. The van der Waals surface area contributed by atoms with Crippen molar-refractivity contribution in [1.82, 2.24) is 5.32 Å². The SMILES string of the molecule is CC(=O)Nc1ccc(F)c(C(=O)NCCC(=O)Nc2cc(Br)ccc2C)c1. The number of hydrogen-bond donors (Lipinski definition) is 3. The molecule has 2 aromatic carbocycles. The largest absolute Gasteiger partial charge is 0.351 e. The maximum atomic E-state index is 13.9. The molecule has 27 heavy (non-hydrogen) atoms. The molecule has 0 atom stereocenters. The Hall–Kier alpha value is -2.74. The van der Waals surface area contributed by atoms with Crippen LogP contribution in [0, 0.1) is 12.7 Å². The van der Waals surface area contributed by atoms with Gasteiger partial charge in [-0.2, -0.15) is 0 Å². The van der Waals surface area contributed by atoms with E-state index in [-0.39, 0.29) is 30.3 Å². The van der Waals surface area contributed by atoms with Gasteiger partial charge < -0.3 is 16.0 Å². The van der Waals surface area contributed by atoms with Crippen molar-refractivity contribution in [2.45, 2.75) is 20.3 Å². The fourth-order valence-corrected chi connectivity index (χ4v) is 2.67. The van der Waals surface area contributed by atoms with E-state index < -0.39 is 11.7 Å². The van der Waals surface area contributed by atoms with Crippen LogP contribution in [0.5, 0.6) is 0 Å². The molecule has 0 bridgehead atoms. The number of hydrogen-bond acceptors (Lipinski definition) is 3. The van der Waals surface area contributed by atoms with Crippen LogP contribution in [0.1, 0.15) is 29.3 Å². The number of benzene rings is 2. The Morgan fingerprint density at radius 2 is 1.81 bits per heavy atom. The third-order valence-corrected chi connectivity index (χ3v) is 4.14. The van der Waals surface area contributed by atoms with E-state index in [0.29, 0.717) is 11.4 Å². The smallest absolute Gasteiger partial charge is 0.254 e. The zero-order valence-corrected chi connectivity index (χ0v) is 16.4. The van der Waals surface area contributed by atoms with Crippen LogP contribution in [0.15, 0.2) is 40.9 Å². The van der Waals surface area contributed by atoms with Crippen LogP contribution >= 0.6 is 15.9 Å². The Bertz CT molecular complexity index is 886. The maximum Gasteiger partial charge on any atom is 0.254 e. The minimum Gasteiger partial charge on any atom is -0.351 e. The standard InChI is InChI=1S/C19H19BrFN3O3/c1-11-3-4-13(20)9-17(11)24-18(26)7-8-22-19(27)15-10-14(23-12(2)25)5-6-16(15)21/h3-6,9-10H,7-8H2,1-2H3,(H,22,27)(H,23,25)(H,24,26). The summed E-state index contributed by atoms with van der Waals surface area (Å²) in [7, 11) is 0. The number of aryl methyl sites for hydroxylation is 1. The van der Waals surface area contributed by atoms with Gasteiger partial charge in [-0.3, -0.25) is 14.4 Å². The first-order valence-corrected chi connectivity index (χ1v) is 8.97. The lowest BCUT2D eigenvalue weighted by Gasteiger charge is -2.10. The molecule has 0 radical (unpaired) electrons. The normalized spacial score (nSPS) is 10.2. The van der Waals surface area contributed by atoms with Gasteiger partial charge in [0.1, 0.15) is 5.82 Å². The predicted octanol–water partition coefficient (Wildman–Crippen LogP) is 3.61. The van der Waals surface area contributed by atoms with Gasteiger partial charge in [0.2, 0.25) is 11.8 Å². The zero-order chi connectivity index (χ0) is 20.0. The van der Waals surface area contributed by atoms with Crippen LogP contribution in [0.25, 0.3) is 0 Å². The van der Waals surface area contributed by atoms with E-state index in [0.717, 1.165) is 16.1 Å². The second kappa shape index (κ2) is 9.27. The summed E-state index contributed by atoms with van der Waals surface area (Å²) in [6.07, 6.45) is 0.0324. The van der Waals surface area contributed by atoms with Gasteiger partial charge in [0, 0.05) is 35.7 Å². The topological polar surface area (TPSA) is 87.3 Å². The Kier molecular flexibility index (Phi) is 7.06. The predicted molar refractivity (Wildman–Crippen MR) is 105 cm³/mol. The van der Waals surface area contributed by atoms with E-state index >= 15 is 0 Å². The van der Waals surface area contributed by atoms with Crippen LogP contribution in [0.2, 0.25) is 0 Å². The zero-order valence-electron chi connectivity index (χ0n) is 14.9. The fraction of sp³-hybridized carbons (Fsp3) is 0.211. The minimum absolute atomic E-state index is 0.0324. The van der Waals surface area contributed by atoms with E-state index in [4.69, 9.17) is 0 Å². The molecular formula is C19H19BrFN3O3. The van der Waals surface area contributed by atoms with Gasteiger partial charge in [-0.1, -0.05) is 22.0 Å². The van der Waals surface area contributed by atoms with Crippen molar-refractivity contribution in [1.29, 1.82) is 0 Å². The number of nitrogens with one attached hydrogen (secondary N) is 3. The van der Waals surface area contributed by atoms with E-state index in [1.165, 1.54) is 19.1 Å². The summed E-state index contributed by atoms with van der Waals surface area (Å²) in [6.45, 7) is 3.23. The monoisotopic (exact) mass is 435 g/mol. The molecule has 0 aliphatic rings. The van der Waals surface area contributed by atoms with E-state index in [1.807, 2.05) is 19.1 Å². The molecule has 3 amide bonds. The van der Waals surface area contributed by atoms with Gasteiger partial charge in [0.15, 0.2) is 0 Å². The van der Waals surface area contributed by atoms with E-state index in [2.05, 4.69) is 31.9 Å². The molecule has 0 aliphatic heterocycles. The van der Waals surface area contributed by atoms with Crippen molar-refractivity contribution < 1.29 is 18.8 Å². The fourth-order valence-electron chi connectivity index (χ4n) is 2.31. The molecular weight excluding hydrogens is 417 g/mol. The highest BCUT2D eigenvalue weighted by atomic mass is 79.9. The van der Waals surface area contributed by atoms with Crippen molar-refractivity contribution >= 4 is 45.0 Å². The Morgan fingerprint density at radius 1 is 1.07 bits per heavy atom. The molecule has 2 aromatic rings. The van der Waals surface area contributed by atoms with Gasteiger partial charge in [0.25, 0.3) is 5.91 Å². The molecule has 2 rings (SSSR count). The molecule has 0 unspecified atom stereocenters. The van der Waals surface area contributed by atoms with Crippen molar-refractivity contribution in [3.05, 3.63) is 57.8 Å². The number of amides is 3. The second-order valence-electron chi connectivity index (χ2n) is 5.89. The van der Waals surface area contributed by atoms with Crippen LogP contribution in [0.3, 0.4) is 0 Å². The van der Waals surface area contributed by atoms with Crippen LogP contribution in [-0.4, -0.2) is 24.3 Å². The molecule has 0 spiro atoms. The highest BCUT2D eigenvalue weighted by molar-refractivity contribution is 9.10. The second-order valence-corrected chi connectivity index (χ2v) is 6.80. The Morgan fingerprint density at radius 3 is 2.52 bits per heavy atom. The summed E-state index contributed by atoms with van der Waals surface area (Å²) >= 11 is 3.34. The van der Waals surface area contributed by atoms with Crippen LogP contribution < -0.4 is 16.0 Å². The van der Waals surface area contributed by atoms with Crippen LogP contribution in [0.4, 0.5) is 15.8 Å². The lowest BCUT2D eigenvalue weighted by atomic mass is 10.1. The molecule has 0 heterocycles. The molecule has 3 N–H and O–H groups in total.